The molecule has 5 heteroatoms. The Labute approximate surface area is 184 Å². The van der Waals surface area contributed by atoms with Crippen LogP contribution in [0, 0.1) is 0 Å². The van der Waals surface area contributed by atoms with Crippen molar-refractivity contribution in [3.63, 3.8) is 0 Å². The van der Waals surface area contributed by atoms with Crippen LogP contribution in [0.4, 0.5) is 0 Å². The van der Waals surface area contributed by atoms with Crippen LogP contribution in [-0.2, 0) is 0 Å². The highest BCUT2D eigenvalue weighted by Crippen LogP contribution is 2.38. The van der Waals surface area contributed by atoms with E-state index in [0.29, 0.717) is 17.2 Å². The summed E-state index contributed by atoms with van der Waals surface area (Å²) in [5, 5.41) is 12.2. The first-order valence-electron chi connectivity index (χ1n) is 10.1. The molecule has 2 rings (SSSR count). The van der Waals surface area contributed by atoms with Gasteiger partial charge in [-0.15, -0.1) is 11.3 Å². The average Bonchev–Trinajstić information content (AvgIpc) is 3.31. The Kier molecular flexibility index (Phi) is 10.3. The van der Waals surface area contributed by atoms with E-state index in [-0.39, 0.29) is 6.10 Å². The third-order valence-electron chi connectivity index (χ3n) is 4.70. The second-order valence-electron chi connectivity index (χ2n) is 6.95. The number of allylic oxidation sites excluding steroid dienone is 5. The molecule has 0 aliphatic heterocycles. The summed E-state index contributed by atoms with van der Waals surface area (Å²) in [4.78, 5) is 1.04. The summed E-state index contributed by atoms with van der Waals surface area (Å²) >= 11 is 1.61. The van der Waals surface area contributed by atoms with Gasteiger partial charge in [-0.05, 0) is 61.7 Å². The van der Waals surface area contributed by atoms with Crippen LogP contribution in [0.25, 0.3) is 6.08 Å². The van der Waals surface area contributed by atoms with Gasteiger partial charge in [-0.25, -0.2) is 0 Å². The number of aliphatic hydroxyl groups excluding tert-OH is 1. The summed E-state index contributed by atoms with van der Waals surface area (Å²) in [5.41, 5.74) is 2.28. The molecule has 0 fully saturated rings. The van der Waals surface area contributed by atoms with E-state index in [1.807, 2.05) is 29.6 Å². The normalized spacial score (nSPS) is 13.2. The average molecular weight is 429 g/mol. The monoisotopic (exact) mass is 428 g/mol. The van der Waals surface area contributed by atoms with Gasteiger partial charge in [0.2, 0.25) is 5.75 Å². The molecule has 0 aliphatic carbocycles. The number of hydrogen-bond acceptors (Lipinski definition) is 5. The Bertz CT molecular complexity index is 825. The van der Waals surface area contributed by atoms with Crippen molar-refractivity contribution in [3.05, 3.63) is 70.0 Å². The number of aliphatic hydroxyl groups is 1. The third kappa shape index (κ3) is 7.39. The van der Waals surface area contributed by atoms with Crippen LogP contribution in [0.1, 0.15) is 49.2 Å². The van der Waals surface area contributed by atoms with Gasteiger partial charge in [-0.1, -0.05) is 42.0 Å². The Morgan fingerprint density at radius 1 is 1.07 bits per heavy atom. The van der Waals surface area contributed by atoms with E-state index in [9.17, 15) is 5.11 Å². The molecule has 162 valence electrons. The number of methoxy groups -OCH3 is 3. The molecular formula is C25H32O4S. The van der Waals surface area contributed by atoms with Crippen molar-refractivity contribution in [2.24, 2.45) is 0 Å². The fraction of sp³-hybridized carbons (Fsp3) is 0.360. The number of unbranched alkanes of at least 4 members (excludes halogenated alkanes) is 1. The summed E-state index contributed by atoms with van der Waals surface area (Å²) in [6.07, 6.45) is 13.8. The predicted octanol–water partition coefficient (Wildman–Crippen LogP) is 6.58. The van der Waals surface area contributed by atoms with Gasteiger partial charge in [0, 0.05) is 4.88 Å². The first-order valence-corrected chi connectivity index (χ1v) is 11.0. The maximum absolute atomic E-state index is 10.2. The van der Waals surface area contributed by atoms with Crippen molar-refractivity contribution in [3.8, 4) is 17.2 Å². The second kappa shape index (κ2) is 12.9. The minimum atomic E-state index is -0.363. The van der Waals surface area contributed by atoms with E-state index in [1.165, 1.54) is 5.57 Å². The molecular weight excluding hydrogens is 396 g/mol. The molecule has 0 aliphatic rings. The lowest BCUT2D eigenvalue weighted by Gasteiger charge is -2.12. The lowest BCUT2D eigenvalue weighted by molar-refractivity contribution is 0.171. The van der Waals surface area contributed by atoms with Crippen molar-refractivity contribution in [2.75, 3.05) is 21.3 Å². The second-order valence-corrected chi connectivity index (χ2v) is 7.93. The molecule has 1 aromatic carbocycles. The van der Waals surface area contributed by atoms with Crippen molar-refractivity contribution < 1.29 is 19.3 Å². The Hall–Kier alpha value is -2.50. The van der Waals surface area contributed by atoms with E-state index < -0.39 is 0 Å². The fourth-order valence-electron chi connectivity index (χ4n) is 3.01. The van der Waals surface area contributed by atoms with E-state index >= 15 is 0 Å². The molecule has 30 heavy (non-hydrogen) atoms. The molecule has 0 saturated carbocycles. The highest BCUT2D eigenvalue weighted by atomic mass is 32.1. The van der Waals surface area contributed by atoms with Crippen molar-refractivity contribution in [1.29, 1.82) is 0 Å². The van der Waals surface area contributed by atoms with Crippen LogP contribution < -0.4 is 14.2 Å². The van der Waals surface area contributed by atoms with Crippen LogP contribution in [0.2, 0.25) is 0 Å². The van der Waals surface area contributed by atoms with Gasteiger partial charge < -0.3 is 19.3 Å². The van der Waals surface area contributed by atoms with Crippen molar-refractivity contribution >= 4 is 17.4 Å². The molecule has 0 radical (unpaired) electrons. The number of ether oxygens (including phenoxy) is 3. The number of rotatable bonds is 12. The molecule has 0 saturated heterocycles. The predicted molar refractivity (Wildman–Crippen MR) is 126 cm³/mol. The number of thiophene rings is 1. The first-order chi connectivity index (χ1) is 14.6. The SMILES string of the molecule is COc1cc(C=CCCC=CC=C(C)CCC(O)c2cccs2)cc(OC)c1OC. The zero-order valence-corrected chi connectivity index (χ0v) is 19.1. The van der Waals surface area contributed by atoms with Crippen molar-refractivity contribution in [2.45, 2.75) is 38.7 Å². The van der Waals surface area contributed by atoms with Crippen LogP contribution in [0.15, 0.2) is 59.5 Å². The molecule has 0 bridgehead atoms. The molecule has 1 unspecified atom stereocenters. The van der Waals surface area contributed by atoms with Gasteiger partial charge in [-0.3, -0.25) is 0 Å². The zero-order chi connectivity index (χ0) is 21.8. The summed E-state index contributed by atoms with van der Waals surface area (Å²) in [5.74, 6) is 1.91. The van der Waals surface area contributed by atoms with E-state index in [2.05, 4.69) is 37.3 Å². The molecule has 0 spiro atoms. The molecule has 2 aromatic rings. The topological polar surface area (TPSA) is 47.9 Å². The van der Waals surface area contributed by atoms with Crippen molar-refractivity contribution in [1.82, 2.24) is 0 Å². The van der Waals surface area contributed by atoms with E-state index in [1.54, 1.807) is 32.7 Å². The maximum Gasteiger partial charge on any atom is 0.203 e. The number of benzene rings is 1. The highest BCUT2D eigenvalue weighted by Gasteiger charge is 2.11. The molecule has 1 N–H and O–H groups in total. The quantitative estimate of drug-likeness (QED) is 0.306. The Morgan fingerprint density at radius 2 is 1.77 bits per heavy atom. The van der Waals surface area contributed by atoms with E-state index in [0.717, 1.165) is 36.1 Å². The van der Waals surface area contributed by atoms with Gasteiger partial charge in [-0.2, -0.15) is 0 Å². The zero-order valence-electron chi connectivity index (χ0n) is 18.3. The summed E-state index contributed by atoms with van der Waals surface area (Å²) < 4.78 is 16.1. The molecule has 1 atom stereocenters. The molecule has 1 aromatic heterocycles. The number of hydrogen-bond donors (Lipinski definition) is 1. The standard InChI is InChI=1S/C25H32O4S/c1-19(14-15-21(26)24-13-10-16-30-24)11-8-6-5-7-9-12-20-17-22(27-2)25(29-4)23(18-20)28-3/h6,8-13,16-18,21,26H,5,7,14-15H2,1-4H3. The molecule has 0 amide bonds. The minimum Gasteiger partial charge on any atom is -0.493 e. The van der Waals surface area contributed by atoms with Gasteiger partial charge in [0.1, 0.15) is 0 Å². The lowest BCUT2D eigenvalue weighted by Crippen LogP contribution is -1.95. The summed E-state index contributed by atoms with van der Waals surface area (Å²) in [7, 11) is 4.84. The van der Waals surface area contributed by atoms with Gasteiger partial charge in [0.25, 0.3) is 0 Å². The largest absolute Gasteiger partial charge is 0.493 e. The Balaban J connectivity index is 1.78. The van der Waals surface area contributed by atoms with Gasteiger partial charge >= 0.3 is 0 Å². The van der Waals surface area contributed by atoms with Gasteiger partial charge in [0.15, 0.2) is 11.5 Å². The van der Waals surface area contributed by atoms with Crippen LogP contribution >= 0.6 is 11.3 Å². The van der Waals surface area contributed by atoms with Crippen LogP contribution in [-0.4, -0.2) is 26.4 Å². The fourth-order valence-corrected chi connectivity index (χ4v) is 3.76. The smallest absolute Gasteiger partial charge is 0.203 e. The van der Waals surface area contributed by atoms with Gasteiger partial charge in [0.05, 0.1) is 27.4 Å². The van der Waals surface area contributed by atoms with E-state index in [4.69, 9.17) is 14.2 Å². The highest BCUT2D eigenvalue weighted by molar-refractivity contribution is 7.10. The lowest BCUT2D eigenvalue weighted by atomic mass is 10.1. The summed E-state index contributed by atoms with van der Waals surface area (Å²) in [6.45, 7) is 2.11. The summed E-state index contributed by atoms with van der Waals surface area (Å²) in [6, 6.07) is 7.83. The first kappa shape index (κ1) is 23.8. The van der Waals surface area contributed by atoms with Crippen LogP contribution in [0.3, 0.4) is 0 Å². The molecule has 4 nitrogen and oxygen atoms in total. The van der Waals surface area contributed by atoms with Crippen LogP contribution in [0.5, 0.6) is 17.2 Å². The third-order valence-corrected chi connectivity index (χ3v) is 5.67. The Morgan fingerprint density at radius 3 is 2.37 bits per heavy atom. The minimum absolute atomic E-state index is 0.363. The maximum atomic E-state index is 10.2. The molecule has 1 heterocycles.